The van der Waals surface area contributed by atoms with Crippen LogP contribution in [-0.4, -0.2) is 16.5 Å². The van der Waals surface area contributed by atoms with Crippen LogP contribution in [-0.2, 0) is 0 Å². The molecule has 2 fully saturated rings. The van der Waals surface area contributed by atoms with Crippen LogP contribution in [0.1, 0.15) is 50.6 Å². The number of carbonyl (C=O) groups excluding carboxylic acids is 1. The molecule has 7 nitrogen and oxygen atoms in total. The van der Waals surface area contributed by atoms with Crippen molar-refractivity contribution in [2.75, 3.05) is 0 Å². The van der Waals surface area contributed by atoms with Crippen LogP contribution in [0.4, 0.5) is 5.69 Å². The van der Waals surface area contributed by atoms with Gasteiger partial charge in [0.15, 0.2) is 5.76 Å². The molecule has 2 saturated carbocycles. The molecule has 2 aliphatic carbocycles. The van der Waals surface area contributed by atoms with Gasteiger partial charge in [-0.15, -0.1) is 0 Å². The number of hydrazone groups is 1. The van der Waals surface area contributed by atoms with Gasteiger partial charge >= 0.3 is 5.91 Å². The van der Waals surface area contributed by atoms with Crippen molar-refractivity contribution < 1.29 is 14.1 Å². The monoisotopic (exact) mass is 415 g/mol. The fourth-order valence-electron chi connectivity index (χ4n) is 4.69. The highest BCUT2D eigenvalue weighted by atomic mass is 35.5. The van der Waals surface area contributed by atoms with Crippen molar-refractivity contribution in [2.24, 2.45) is 21.8 Å². The van der Waals surface area contributed by atoms with Crippen molar-refractivity contribution in [3.8, 4) is 11.3 Å². The number of benzene rings is 1. The molecule has 2 atom stereocenters. The smallest absolute Gasteiger partial charge is 0.307 e. The zero-order valence-electron chi connectivity index (χ0n) is 16.5. The Kier molecular flexibility index (Phi) is 4.53. The number of nitro benzene ring substituents is 1. The highest BCUT2D eigenvalue weighted by molar-refractivity contribution is 6.33. The van der Waals surface area contributed by atoms with Gasteiger partial charge < -0.3 is 4.42 Å². The topological polar surface area (TPSA) is 97.7 Å². The number of rotatable bonds is 4. The van der Waals surface area contributed by atoms with Gasteiger partial charge in [-0.3, -0.25) is 14.9 Å². The van der Waals surface area contributed by atoms with E-state index < -0.39 is 10.8 Å². The van der Waals surface area contributed by atoms with Crippen LogP contribution in [0.15, 0.2) is 39.9 Å². The first kappa shape index (κ1) is 19.6. The lowest BCUT2D eigenvalue weighted by Gasteiger charge is -2.34. The molecule has 8 heteroatoms. The van der Waals surface area contributed by atoms with Crippen LogP contribution < -0.4 is 5.43 Å². The second-order valence-corrected chi connectivity index (χ2v) is 8.99. The first-order valence-corrected chi connectivity index (χ1v) is 9.93. The molecule has 0 spiro atoms. The Bertz CT molecular complexity index is 1040. The van der Waals surface area contributed by atoms with E-state index in [2.05, 4.69) is 31.3 Å². The molecule has 1 amide bonds. The van der Waals surface area contributed by atoms with Crippen LogP contribution >= 0.6 is 11.6 Å². The van der Waals surface area contributed by atoms with Crippen molar-refractivity contribution >= 4 is 28.9 Å². The first-order valence-electron chi connectivity index (χ1n) is 9.55. The number of fused-ring (bicyclic) bond motifs is 2. The summed E-state index contributed by atoms with van der Waals surface area (Å²) in [5.41, 5.74) is 4.22. The average Bonchev–Trinajstić information content (AvgIpc) is 3.29. The van der Waals surface area contributed by atoms with Gasteiger partial charge in [0.2, 0.25) is 0 Å². The maximum Gasteiger partial charge on any atom is 0.307 e. The zero-order chi connectivity index (χ0) is 21.0. The molecule has 2 aliphatic rings. The van der Waals surface area contributed by atoms with E-state index in [-0.39, 0.29) is 27.3 Å². The van der Waals surface area contributed by atoms with Crippen molar-refractivity contribution in [1.82, 2.24) is 5.43 Å². The van der Waals surface area contributed by atoms with Gasteiger partial charge in [0, 0.05) is 28.8 Å². The number of nitro groups is 1. The van der Waals surface area contributed by atoms with Gasteiger partial charge in [-0.2, -0.15) is 5.10 Å². The Labute approximate surface area is 173 Å². The average molecular weight is 416 g/mol. The molecule has 29 heavy (non-hydrogen) atoms. The minimum Gasteiger partial charge on any atom is -0.451 e. The Morgan fingerprint density at radius 3 is 2.66 bits per heavy atom. The molecule has 0 aliphatic heterocycles. The number of hydrogen-bond acceptors (Lipinski definition) is 5. The number of halogens is 1. The van der Waals surface area contributed by atoms with Crippen molar-refractivity contribution in [3.05, 3.63) is 51.2 Å². The molecule has 0 unspecified atom stereocenters. The lowest BCUT2D eigenvalue weighted by molar-refractivity contribution is -0.384. The van der Waals surface area contributed by atoms with E-state index in [4.69, 9.17) is 16.0 Å². The lowest BCUT2D eigenvalue weighted by Crippen LogP contribution is -2.34. The summed E-state index contributed by atoms with van der Waals surface area (Å²) in [5.74, 6) is 0.621. The van der Waals surface area contributed by atoms with Crippen LogP contribution in [0.3, 0.4) is 0 Å². The predicted octanol–water partition coefficient (Wildman–Crippen LogP) is 5.44. The molecule has 2 bridgehead atoms. The fourth-order valence-corrected chi connectivity index (χ4v) is 4.96. The normalized spacial score (nSPS) is 26.1. The van der Waals surface area contributed by atoms with E-state index in [0.717, 1.165) is 18.6 Å². The van der Waals surface area contributed by atoms with Gasteiger partial charge in [0.25, 0.3) is 5.69 Å². The molecule has 2 aromatic rings. The van der Waals surface area contributed by atoms with Gasteiger partial charge in [0.1, 0.15) is 5.76 Å². The van der Waals surface area contributed by atoms with Gasteiger partial charge in [0.05, 0.1) is 9.95 Å². The Balaban J connectivity index is 1.51. The molecule has 152 valence electrons. The van der Waals surface area contributed by atoms with E-state index in [1.807, 2.05) is 0 Å². The number of carbonyl (C=O) groups is 1. The lowest BCUT2D eigenvalue weighted by atomic mass is 9.70. The summed E-state index contributed by atoms with van der Waals surface area (Å²) in [7, 11) is 0. The first-order chi connectivity index (χ1) is 13.6. The SMILES string of the molecule is CC1(C)[C@@H]2CC[C@]1(C)/C(=N/NC(=O)c1ccc(-c3ccc([N+](=O)[O-])cc3Cl)o1)C2. The number of amides is 1. The summed E-state index contributed by atoms with van der Waals surface area (Å²) >= 11 is 6.14. The second kappa shape index (κ2) is 6.69. The number of nitrogens with one attached hydrogen (secondary N) is 1. The fraction of sp³-hybridized carbons (Fsp3) is 0.429. The summed E-state index contributed by atoms with van der Waals surface area (Å²) in [6.07, 6.45) is 3.20. The minimum atomic E-state index is -0.521. The number of non-ortho nitro benzene ring substituents is 1. The van der Waals surface area contributed by atoms with E-state index in [0.29, 0.717) is 17.2 Å². The maximum absolute atomic E-state index is 12.5. The molecule has 1 aromatic carbocycles. The third-order valence-electron chi connectivity index (χ3n) is 7.06. The van der Waals surface area contributed by atoms with Gasteiger partial charge in [-0.1, -0.05) is 32.4 Å². The highest BCUT2D eigenvalue weighted by Crippen LogP contribution is 2.63. The Morgan fingerprint density at radius 1 is 1.31 bits per heavy atom. The van der Waals surface area contributed by atoms with Crippen molar-refractivity contribution in [2.45, 2.75) is 40.0 Å². The molecule has 4 rings (SSSR count). The summed E-state index contributed by atoms with van der Waals surface area (Å²) in [5, 5.41) is 15.5. The Hall–Kier alpha value is -2.67. The summed E-state index contributed by atoms with van der Waals surface area (Å²) in [4.78, 5) is 22.8. The van der Waals surface area contributed by atoms with Crippen LogP contribution in [0.5, 0.6) is 0 Å². The third kappa shape index (κ3) is 3.04. The molecule has 1 heterocycles. The zero-order valence-corrected chi connectivity index (χ0v) is 17.2. The van der Waals surface area contributed by atoms with Gasteiger partial charge in [-0.05, 0) is 48.8 Å². The Morgan fingerprint density at radius 2 is 2.07 bits per heavy atom. The largest absolute Gasteiger partial charge is 0.451 e. The van der Waals surface area contributed by atoms with E-state index in [9.17, 15) is 14.9 Å². The number of nitrogens with zero attached hydrogens (tertiary/aromatic N) is 2. The summed E-state index contributed by atoms with van der Waals surface area (Å²) in [6, 6.07) is 7.24. The molecular formula is C21H22ClN3O4. The van der Waals surface area contributed by atoms with E-state index >= 15 is 0 Å². The maximum atomic E-state index is 12.5. The number of furan rings is 1. The quantitative estimate of drug-likeness (QED) is 0.530. The molecule has 0 radical (unpaired) electrons. The van der Waals surface area contributed by atoms with E-state index in [1.165, 1.54) is 30.7 Å². The third-order valence-corrected chi connectivity index (χ3v) is 7.38. The van der Waals surface area contributed by atoms with Crippen LogP contribution in [0, 0.1) is 26.9 Å². The van der Waals surface area contributed by atoms with E-state index in [1.54, 1.807) is 6.07 Å². The van der Waals surface area contributed by atoms with Crippen molar-refractivity contribution in [3.63, 3.8) is 0 Å². The summed E-state index contributed by atoms with van der Waals surface area (Å²) in [6.45, 7) is 6.79. The van der Waals surface area contributed by atoms with Crippen molar-refractivity contribution in [1.29, 1.82) is 0 Å². The summed E-state index contributed by atoms with van der Waals surface area (Å²) < 4.78 is 5.62. The molecular weight excluding hydrogens is 394 g/mol. The highest BCUT2D eigenvalue weighted by Gasteiger charge is 2.60. The van der Waals surface area contributed by atoms with Crippen LogP contribution in [0.2, 0.25) is 5.02 Å². The molecule has 0 saturated heterocycles. The predicted molar refractivity (Wildman–Crippen MR) is 110 cm³/mol. The molecule has 1 N–H and O–H groups in total. The standard InChI is InChI=1S/C21H22ClN3O4/c1-20(2)12-8-9-21(20,3)18(10-12)23-24-19(26)17-7-6-16(29-17)14-5-4-13(25(27)28)11-15(14)22/h4-7,11-12H,8-10H2,1-3H3,(H,24,26)/b23-18+/t12-,21-/m1/s1. The van der Waals surface area contributed by atoms with Crippen LogP contribution in [0.25, 0.3) is 11.3 Å². The minimum absolute atomic E-state index is 0.00551. The van der Waals surface area contributed by atoms with Gasteiger partial charge in [-0.25, -0.2) is 5.43 Å². The second-order valence-electron chi connectivity index (χ2n) is 8.58. The molecule has 1 aromatic heterocycles. The number of hydrogen-bond donors (Lipinski definition) is 1.